The van der Waals surface area contributed by atoms with E-state index in [1.807, 2.05) is 20.9 Å². The first-order chi connectivity index (χ1) is 15.6. The number of piperidine rings is 1. The van der Waals surface area contributed by atoms with Crippen LogP contribution in [-0.4, -0.2) is 66.2 Å². The Kier molecular flexibility index (Phi) is 5.35. The highest BCUT2D eigenvalue weighted by molar-refractivity contribution is 5.84. The average Bonchev–Trinajstić information content (AvgIpc) is 3.41. The lowest BCUT2D eigenvalue weighted by molar-refractivity contribution is -0.208. The van der Waals surface area contributed by atoms with Crippen molar-refractivity contribution in [3.63, 3.8) is 0 Å². The van der Waals surface area contributed by atoms with Crippen molar-refractivity contribution < 1.29 is 14.3 Å². The Bertz CT molecular complexity index is 868. The number of likely N-dealkylation sites (N-methyl/N-ethyl adjacent to an activating group) is 2. The smallest absolute Gasteiger partial charge is 0.325 e. The minimum Gasteiger partial charge on any atom is -0.458 e. The fraction of sp³-hybridized carbons (Fsp3) is 0.880. The summed E-state index contributed by atoms with van der Waals surface area (Å²) in [5, 5.41) is 15.9. The van der Waals surface area contributed by atoms with Gasteiger partial charge in [-0.3, -0.25) is 9.59 Å². The van der Waals surface area contributed by atoms with E-state index in [0.717, 1.165) is 44.9 Å². The summed E-state index contributed by atoms with van der Waals surface area (Å²) < 4.78 is 6.37. The Hall–Kier alpha value is -1.69. The number of fused-ring (bicyclic) bond motifs is 1. The summed E-state index contributed by atoms with van der Waals surface area (Å²) in [6, 6.07) is 1.08. The van der Waals surface area contributed by atoms with Crippen molar-refractivity contribution in [2.45, 2.75) is 101 Å². The molecule has 182 valence electrons. The van der Waals surface area contributed by atoms with E-state index in [4.69, 9.17) is 10.5 Å². The van der Waals surface area contributed by atoms with Gasteiger partial charge in [0.15, 0.2) is 0 Å². The molecule has 4 bridgehead atoms. The average molecular weight is 458 g/mol. The number of hydrogen-bond acceptors (Lipinski definition) is 7. The fourth-order valence-corrected chi connectivity index (χ4v) is 8.23. The zero-order valence-corrected chi connectivity index (χ0v) is 20.4. The van der Waals surface area contributed by atoms with Gasteiger partial charge in [0.05, 0.1) is 12.1 Å². The van der Waals surface area contributed by atoms with Crippen LogP contribution in [0.3, 0.4) is 0 Å². The molecule has 8 heteroatoms. The number of carbonyl (C=O) groups is 2. The summed E-state index contributed by atoms with van der Waals surface area (Å²) in [6.07, 6.45) is 7.15. The van der Waals surface area contributed by atoms with E-state index in [-0.39, 0.29) is 29.4 Å². The van der Waals surface area contributed by atoms with Gasteiger partial charge in [0.1, 0.15) is 17.7 Å². The third kappa shape index (κ3) is 3.59. The van der Waals surface area contributed by atoms with E-state index in [2.05, 4.69) is 16.7 Å². The molecule has 5 saturated carbocycles. The Balaban J connectivity index is 1.38. The van der Waals surface area contributed by atoms with Gasteiger partial charge >= 0.3 is 5.97 Å². The predicted molar refractivity (Wildman–Crippen MR) is 123 cm³/mol. The second kappa shape index (κ2) is 7.66. The maximum absolute atomic E-state index is 13.6. The van der Waals surface area contributed by atoms with E-state index < -0.39 is 23.2 Å². The van der Waals surface area contributed by atoms with Gasteiger partial charge in [-0.15, -0.1) is 0 Å². The molecule has 2 unspecified atom stereocenters. The molecule has 0 radical (unpaired) electrons. The van der Waals surface area contributed by atoms with Crippen molar-refractivity contribution in [2.24, 2.45) is 28.9 Å². The lowest BCUT2D eigenvalue weighted by Gasteiger charge is -2.62. The number of ether oxygens (including phenoxy) is 1. The minimum absolute atomic E-state index is 0.0561. The highest BCUT2D eigenvalue weighted by Crippen LogP contribution is 2.64. The number of nitriles is 1. The number of rotatable bonds is 7. The number of esters is 1. The van der Waals surface area contributed by atoms with Gasteiger partial charge in [-0.05, 0) is 102 Å². The van der Waals surface area contributed by atoms with Gasteiger partial charge in [0, 0.05) is 11.6 Å². The molecular weight excluding hydrogens is 418 g/mol. The lowest BCUT2D eigenvalue weighted by atomic mass is 9.46. The molecule has 7 atom stereocenters. The van der Waals surface area contributed by atoms with Gasteiger partial charge in [-0.1, -0.05) is 0 Å². The van der Waals surface area contributed by atoms with Crippen LogP contribution < -0.4 is 16.4 Å². The highest BCUT2D eigenvalue weighted by Gasteiger charge is 2.64. The monoisotopic (exact) mass is 457 g/mol. The van der Waals surface area contributed by atoms with E-state index in [1.165, 1.54) is 0 Å². The largest absolute Gasteiger partial charge is 0.458 e. The first-order valence-corrected chi connectivity index (χ1v) is 12.6. The minimum atomic E-state index is -0.634. The first-order valence-electron chi connectivity index (χ1n) is 12.6. The Morgan fingerprint density at radius 2 is 1.82 bits per heavy atom. The second-order valence-electron chi connectivity index (χ2n) is 12.3. The molecular formula is C25H39N5O3. The van der Waals surface area contributed by atoms with Gasteiger partial charge in [0.2, 0.25) is 5.91 Å². The lowest BCUT2D eigenvalue weighted by Crippen LogP contribution is -2.67. The maximum Gasteiger partial charge on any atom is 0.325 e. The third-order valence-corrected chi connectivity index (χ3v) is 9.69. The summed E-state index contributed by atoms with van der Waals surface area (Å²) in [6.45, 7) is 3.97. The van der Waals surface area contributed by atoms with E-state index in [1.54, 1.807) is 11.9 Å². The summed E-state index contributed by atoms with van der Waals surface area (Å²) in [5.41, 5.74) is 5.45. The normalized spacial score (nSPS) is 42.4. The van der Waals surface area contributed by atoms with Crippen LogP contribution in [0.15, 0.2) is 0 Å². The SMILES string of the molecule is CN[C@H](C(=O)OC12CC3CC(C1)CC([C@H](N)C(=O)N1[C@H](C#N)C[C@@H]4C[C@@H]41)(C3)C2)C(C)(C)NC. The van der Waals surface area contributed by atoms with Gasteiger partial charge in [-0.25, -0.2) is 0 Å². The molecule has 1 heterocycles. The van der Waals surface area contributed by atoms with Crippen LogP contribution in [0.5, 0.6) is 0 Å². The molecule has 6 fully saturated rings. The third-order valence-electron chi connectivity index (χ3n) is 9.69. The molecule has 33 heavy (non-hydrogen) atoms. The molecule has 6 rings (SSSR count). The van der Waals surface area contributed by atoms with Gasteiger partial charge < -0.3 is 26.0 Å². The van der Waals surface area contributed by atoms with Gasteiger partial charge in [-0.2, -0.15) is 5.26 Å². The van der Waals surface area contributed by atoms with Crippen LogP contribution in [0.2, 0.25) is 0 Å². The Morgan fingerprint density at radius 1 is 1.15 bits per heavy atom. The number of nitrogens with one attached hydrogen (secondary N) is 2. The van der Waals surface area contributed by atoms with Crippen LogP contribution in [0, 0.1) is 34.5 Å². The number of amides is 1. The summed E-state index contributed by atoms with van der Waals surface area (Å²) in [7, 11) is 3.63. The van der Waals surface area contributed by atoms with Gasteiger partial charge in [0.25, 0.3) is 0 Å². The quantitative estimate of drug-likeness (QED) is 0.493. The molecule has 0 aromatic carbocycles. The second-order valence-corrected chi connectivity index (χ2v) is 12.3. The van der Waals surface area contributed by atoms with Crippen molar-refractivity contribution in [3.8, 4) is 6.07 Å². The topological polar surface area (TPSA) is 120 Å². The first kappa shape index (κ1) is 23.1. The Morgan fingerprint density at radius 3 is 2.39 bits per heavy atom. The number of likely N-dealkylation sites (tertiary alicyclic amines) is 1. The van der Waals surface area contributed by atoms with Crippen molar-refractivity contribution >= 4 is 11.9 Å². The maximum atomic E-state index is 13.6. The number of nitrogens with two attached hydrogens (primary N) is 1. The molecule has 1 amide bonds. The standard InChI is InChI=1S/C25H39N5O3/c1-23(2,29-4)20(28-3)22(32)33-25-10-14-5-15(11-25)9-24(8-14,13-25)19(27)21(31)30-17(12-26)6-16-7-18(16)30/h14-20,28-29H,5-11,13,27H2,1-4H3/t14?,15?,16-,17+,18+,19-,20-,24?,25?/m1/s1. The van der Waals surface area contributed by atoms with Crippen LogP contribution in [0.4, 0.5) is 0 Å². The number of nitrogens with zero attached hydrogens (tertiary/aromatic N) is 2. The van der Waals surface area contributed by atoms with Crippen LogP contribution in [0.1, 0.15) is 65.2 Å². The molecule has 5 aliphatic carbocycles. The highest BCUT2D eigenvalue weighted by atomic mass is 16.6. The van der Waals surface area contributed by atoms with E-state index >= 15 is 0 Å². The molecule has 1 aliphatic heterocycles. The summed E-state index contributed by atoms with van der Waals surface area (Å²) >= 11 is 0. The summed E-state index contributed by atoms with van der Waals surface area (Å²) in [4.78, 5) is 28.8. The zero-order valence-electron chi connectivity index (χ0n) is 20.4. The van der Waals surface area contributed by atoms with E-state index in [0.29, 0.717) is 24.2 Å². The Labute approximate surface area is 196 Å². The zero-order chi connectivity index (χ0) is 23.8. The van der Waals surface area contributed by atoms with Crippen molar-refractivity contribution in [3.05, 3.63) is 0 Å². The molecule has 0 spiro atoms. The van der Waals surface area contributed by atoms with Crippen LogP contribution >= 0.6 is 0 Å². The molecule has 0 aromatic rings. The molecule has 6 aliphatic rings. The molecule has 8 nitrogen and oxygen atoms in total. The summed E-state index contributed by atoms with van der Waals surface area (Å²) in [5.74, 6) is 1.05. The molecule has 1 saturated heterocycles. The van der Waals surface area contributed by atoms with Crippen molar-refractivity contribution in [1.29, 1.82) is 5.26 Å². The fourth-order valence-electron chi connectivity index (χ4n) is 8.23. The van der Waals surface area contributed by atoms with E-state index in [9.17, 15) is 14.9 Å². The van der Waals surface area contributed by atoms with Crippen molar-refractivity contribution in [2.75, 3.05) is 14.1 Å². The van der Waals surface area contributed by atoms with Crippen LogP contribution in [-0.2, 0) is 14.3 Å². The predicted octanol–water partition coefficient (Wildman–Crippen LogP) is 1.29. The molecule has 4 N–H and O–H groups in total. The number of hydrogen-bond donors (Lipinski definition) is 3. The molecule has 0 aromatic heterocycles. The number of carbonyl (C=O) groups excluding carboxylic acids is 2. The van der Waals surface area contributed by atoms with Crippen molar-refractivity contribution in [1.82, 2.24) is 15.5 Å². The van der Waals surface area contributed by atoms with Crippen LogP contribution in [0.25, 0.3) is 0 Å².